The zero-order valence-electron chi connectivity index (χ0n) is 9.15. The lowest BCUT2D eigenvalue weighted by Crippen LogP contribution is -2.41. The molecule has 1 rings (SSSR count). The van der Waals surface area contributed by atoms with E-state index in [4.69, 9.17) is 0 Å². The van der Waals surface area contributed by atoms with E-state index < -0.39 is 23.4 Å². The van der Waals surface area contributed by atoms with Crippen LogP contribution in [0.1, 0.15) is 11.7 Å². The Balaban J connectivity index is 2.82. The maximum absolute atomic E-state index is 10.4. The number of nitro benzene ring substituents is 1. The molecule has 0 amide bonds. The van der Waals surface area contributed by atoms with Crippen LogP contribution in [0.3, 0.4) is 0 Å². The standard InChI is InChI=1S/C10H14N2O5/c1-11-10(15)9(14)8(13)6-2-4-7(5-3-6)12(16)17/h2-5,8-11,13-15H,1H3. The number of non-ortho nitro benzene ring substituents is 1. The second-order valence-electron chi connectivity index (χ2n) is 3.52. The monoisotopic (exact) mass is 242 g/mol. The first-order chi connectivity index (χ1) is 7.97. The van der Waals surface area contributed by atoms with Crippen LogP contribution in [0.2, 0.25) is 0 Å². The largest absolute Gasteiger partial charge is 0.386 e. The van der Waals surface area contributed by atoms with E-state index in [1.807, 2.05) is 0 Å². The molecule has 1 aromatic rings. The molecule has 0 heterocycles. The normalized spacial score (nSPS) is 16.2. The van der Waals surface area contributed by atoms with Crippen molar-refractivity contribution in [2.45, 2.75) is 18.4 Å². The molecule has 7 heteroatoms. The van der Waals surface area contributed by atoms with Gasteiger partial charge < -0.3 is 15.3 Å². The lowest BCUT2D eigenvalue weighted by Gasteiger charge is -2.22. The van der Waals surface area contributed by atoms with E-state index in [9.17, 15) is 25.4 Å². The lowest BCUT2D eigenvalue weighted by molar-refractivity contribution is -0.384. The molecule has 0 spiro atoms. The summed E-state index contributed by atoms with van der Waals surface area (Å²) in [6.07, 6.45) is -4.01. The summed E-state index contributed by atoms with van der Waals surface area (Å²) < 4.78 is 0. The molecule has 3 atom stereocenters. The van der Waals surface area contributed by atoms with Gasteiger partial charge in [0, 0.05) is 12.1 Å². The third-order valence-corrected chi connectivity index (χ3v) is 2.39. The molecule has 0 saturated carbocycles. The summed E-state index contributed by atoms with van der Waals surface area (Å²) in [7, 11) is 1.43. The molecule has 0 aliphatic heterocycles. The van der Waals surface area contributed by atoms with Crippen LogP contribution in [0.5, 0.6) is 0 Å². The third kappa shape index (κ3) is 3.21. The summed E-state index contributed by atoms with van der Waals surface area (Å²) in [6, 6.07) is 5.09. The number of nitrogens with zero attached hydrogens (tertiary/aromatic N) is 1. The molecule has 0 bridgehead atoms. The summed E-state index contributed by atoms with van der Waals surface area (Å²) in [5, 5.41) is 41.3. The lowest BCUT2D eigenvalue weighted by atomic mass is 10.0. The van der Waals surface area contributed by atoms with Crippen LogP contribution < -0.4 is 5.32 Å². The summed E-state index contributed by atoms with van der Waals surface area (Å²) in [5.41, 5.74) is 0.182. The third-order valence-electron chi connectivity index (χ3n) is 2.39. The Morgan fingerprint density at radius 2 is 1.76 bits per heavy atom. The van der Waals surface area contributed by atoms with Gasteiger partial charge in [0.25, 0.3) is 5.69 Å². The van der Waals surface area contributed by atoms with Crippen molar-refractivity contribution < 1.29 is 20.2 Å². The molecule has 0 aromatic heterocycles. The smallest absolute Gasteiger partial charge is 0.269 e. The molecule has 0 fully saturated rings. The van der Waals surface area contributed by atoms with Crippen molar-refractivity contribution in [2.75, 3.05) is 7.05 Å². The number of aliphatic hydroxyl groups excluding tert-OH is 3. The van der Waals surface area contributed by atoms with Gasteiger partial charge in [-0.2, -0.15) is 0 Å². The zero-order valence-corrected chi connectivity index (χ0v) is 9.15. The van der Waals surface area contributed by atoms with Crippen LogP contribution in [0.15, 0.2) is 24.3 Å². The number of hydrogen-bond acceptors (Lipinski definition) is 6. The van der Waals surface area contributed by atoms with Crippen LogP contribution in [0.25, 0.3) is 0 Å². The zero-order chi connectivity index (χ0) is 13.0. The van der Waals surface area contributed by atoms with Gasteiger partial charge in [0.05, 0.1) is 4.92 Å². The van der Waals surface area contributed by atoms with Crippen LogP contribution in [-0.2, 0) is 0 Å². The average Bonchev–Trinajstić information content (AvgIpc) is 2.36. The Morgan fingerprint density at radius 3 is 2.18 bits per heavy atom. The molecule has 1 aromatic carbocycles. The minimum absolute atomic E-state index is 0.107. The number of aliphatic hydroxyl groups is 3. The SMILES string of the molecule is CNC(O)C(O)C(O)c1ccc([N+](=O)[O-])cc1. The van der Waals surface area contributed by atoms with Gasteiger partial charge in [-0.15, -0.1) is 0 Å². The van der Waals surface area contributed by atoms with E-state index in [-0.39, 0.29) is 11.3 Å². The van der Waals surface area contributed by atoms with Crippen molar-refractivity contribution in [1.82, 2.24) is 5.32 Å². The van der Waals surface area contributed by atoms with Gasteiger partial charge in [-0.1, -0.05) is 0 Å². The highest BCUT2D eigenvalue weighted by Crippen LogP contribution is 2.21. The van der Waals surface area contributed by atoms with Gasteiger partial charge in [-0.05, 0) is 24.7 Å². The van der Waals surface area contributed by atoms with Crippen LogP contribution in [-0.4, -0.2) is 39.6 Å². The first kappa shape index (κ1) is 13.5. The molecule has 17 heavy (non-hydrogen) atoms. The summed E-state index contributed by atoms with van der Waals surface area (Å²) >= 11 is 0. The Bertz CT molecular complexity index is 381. The number of rotatable bonds is 5. The van der Waals surface area contributed by atoms with E-state index in [0.29, 0.717) is 0 Å². The van der Waals surface area contributed by atoms with Gasteiger partial charge in [-0.3, -0.25) is 15.4 Å². The molecule has 0 saturated heterocycles. The fourth-order valence-corrected chi connectivity index (χ4v) is 1.33. The Labute approximate surface area is 97.5 Å². The maximum atomic E-state index is 10.4. The molecular formula is C10H14N2O5. The average molecular weight is 242 g/mol. The molecule has 4 N–H and O–H groups in total. The number of hydrogen-bond donors (Lipinski definition) is 4. The quantitative estimate of drug-likeness (QED) is 0.315. The molecule has 0 aliphatic carbocycles. The first-order valence-electron chi connectivity index (χ1n) is 4.93. The highest BCUT2D eigenvalue weighted by molar-refractivity contribution is 5.34. The van der Waals surface area contributed by atoms with E-state index >= 15 is 0 Å². The number of nitro groups is 1. The van der Waals surface area contributed by atoms with E-state index in [0.717, 1.165) is 0 Å². The summed E-state index contributed by atoms with van der Waals surface area (Å²) in [5.74, 6) is 0. The summed E-state index contributed by atoms with van der Waals surface area (Å²) in [6.45, 7) is 0. The van der Waals surface area contributed by atoms with Crippen LogP contribution in [0, 0.1) is 10.1 Å². The fraction of sp³-hybridized carbons (Fsp3) is 0.400. The summed E-state index contributed by atoms with van der Waals surface area (Å²) in [4.78, 5) is 9.85. The van der Waals surface area contributed by atoms with Crippen molar-refractivity contribution in [3.63, 3.8) is 0 Å². The maximum Gasteiger partial charge on any atom is 0.269 e. The first-order valence-corrected chi connectivity index (χ1v) is 4.93. The van der Waals surface area contributed by atoms with Crippen LogP contribution >= 0.6 is 0 Å². The van der Waals surface area contributed by atoms with Crippen molar-refractivity contribution in [3.8, 4) is 0 Å². The number of nitrogens with one attached hydrogen (secondary N) is 1. The minimum Gasteiger partial charge on any atom is -0.386 e. The van der Waals surface area contributed by atoms with Crippen molar-refractivity contribution in [1.29, 1.82) is 0 Å². The molecule has 0 aliphatic rings. The van der Waals surface area contributed by atoms with Crippen LogP contribution in [0.4, 0.5) is 5.69 Å². The van der Waals surface area contributed by atoms with Gasteiger partial charge in [0.2, 0.25) is 0 Å². The highest BCUT2D eigenvalue weighted by atomic mass is 16.6. The second-order valence-corrected chi connectivity index (χ2v) is 3.52. The minimum atomic E-state index is -1.42. The predicted molar refractivity (Wildman–Crippen MR) is 59.1 cm³/mol. The molecular weight excluding hydrogens is 228 g/mol. The van der Waals surface area contributed by atoms with E-state index in [1.165, 1.54) is 31.3 Å². The van der Waals surface area contributed by atoms with Gasteiger partial charge >= 0.3 is 0 Å². The Morgan fingerprint density at radius 1 is 1.24 bits per heavy atom. The Kier molecular flexibility index (Phi) is 4.53. The number of benzene rings is 1. The molecule has 3 unspecified atom stereocenters. The molecule has 94 valence electrons. The molecule has 0 radical (unpaired) electrons. The molecule has 7 nitrogen and oxygen atoms in total. The number of likely N-dealkylation sites (N-methyl/N-ethyl adjacent to an activating group) is 1. The Hall–Kier alpha value is -1.54. The second kappa shape index (κ2) is 5.69. The topological polar surface area (TPSA) is 116 Å². The van der Waals surface area contributed by atoms with Crippen molar-refractivity contribution in [3.05, 3.63) is 39.9 Å². The van der Waals surface area contributed by atoms with Gasteiger partial charge in [-0.25, -0.2) is 0 Å². The van der Waals surface area contributed by atoms with E-state index in [1.54, 1.807) is 0 Å². The van der Waals surface area contributed by atoms with E-state index in [2.05, 4.69) is 5.32 Å². The van der Waals surface area contributed by atoms with Crippen molar-refractivity contribution in [2.24, 2.45) is 0 Å². The van der Waals surface area contributed by atoms with Gasteiger partial charge in [0.15, 0.2) is 0 Å². The fourth-order valence-electron chi connectivity index (χ4n) is 1.33. The highest BCUT2D eigenvalue weighted by Gasteiger charge is 2.25. The van der Waals surface area contributed by atoms with Gasteiger partial charge in [0.1, 0.15) is 18.4 Å². The van der Waals surface area contributed by atoms with Crippen molar-refractivity contribution >= 4 is 5.69 Å². The predicted octanol–water partition coefficient (Wildman–Crippen LogP) is -0.473.